The number of nitrogens with one attached hydrogen (secondary N) is 2. The Morgan fingerprint density at radius 1 is 1.07 bits per heavy atom. The van der Waals surface area contributed by atoms with Gasteiger partial charge in [-0.25, -0.2) is 0 Å². The van der Waals surface area contributed by atoms with Gasteiger partial charge in [-0.15, -0.1) is 10.2 Å². The summed E-state index contributed by atoms with van der Waals surface area (Å²) in [6.07, 6.45) is 3.71. The fourth-order valence-corrected chi connectivity index (χ4v) is 3.56. The van der Waals surface area contributed by atoms with Gasteiger partial charge >= 0.3 is 0 Å². The van der Waals surface area contributed by atoms with Crippen molar-refractivity contribution in [3.8, 4) is 11.5 Å². The Morgan fingerprint density at radius 2 is 1.89 bits per heavy atom. The molecule has 0 bridgehead atoms. The maximum absolute atomic E-state index is 12.0. The molecule has 0 spiro atoms. The molecule has 4 aromatic rings. The minimum absolute atomic E-state index is 0.0371. The normalized spacial score (nSPS) is 11.0. The number of H-pyrrole nitrogens is 1. The molecular formula is C21H20N4O2S. The van der Waals surface area contributed by atoms with Gasteiger partial charge in [0.2, 0.25) is 5.91 Å². The van der Waals surface area contributed by atoms with Gasteiger partial charge in [0.25, 0.3) is 11.1 Å². The van der Waals surface area contributed by atoms with Gasteiger partial charge in [0.05, 0.1) is 11.3 Å². The Balaban J connectivity index is 1.25. The molecule has 4 rings (SSSR count). The monoisotopic (exact) mass is 392 g/mol. The van der Waals surface area contributed by atoms with Crippen LogP contribution in [0.25, 0.3) is 22.4 Å². The third-order valence-electron chi connectivity index (χ3n) is 4.36. The number of rotatable bonds is 8. The van der Waals surface area contributed by atoms with E-state index in [4.69, 9.17) is 4.42 Å². The molecule has 1 amide bonds. The number of benzene rings is 2. The molecule has 0 radical (unpaired) electrons. The zero-order valence-electron chi connectivity index (χ0n) is 15.2. The van der Waals surface area contributed by atoms with Crippen molar-refractivity contribution in [1.29, 1.82) is 0 Å². The molecule has 2 aromatic heterocycles. The number of aryl methyl sites for hydroxylation is 1. The Bertz CT molecular complexity index is 1060. The zero-order chi connectivity index (χ0) is 19.2. The van der Waals surface area contributed by atoms with E-state index in [9.17, 15) is 4.79 Å². The Kier molecular flexibility index (Phi) is 5.72. The molecule has 2 aromatic carbocycles. The minimum Gasteiger partial charge on any atom is -0.411 e. The van der Waals surface area contributed by atoms with Crippen LogP contribution in [0.1, 0.15) is 12.0 Å². The first kappa shape index (κ1) is 18.3. The number of para-hydroxylation sites is 1. The van der Waals surface area contributed by atoms with E-state index in [0.717, 1.165) is 29.3 Å². The average molecular weight is 392 g/mol. The number of carbonyl (C=O) groups excluding carboxylic acids is 1. The Morgan fingerprint density at radius 3 is 2.79 bits per heavy atom. The minimum atomic E-state index is -0.0371. The van der Waals surface area contributed by atoms with Crippen molar-refractivity contribution in [3.05, 3.63) is 66.4 Å². The van der Waals surface area contributed by atoms with E-state index in [0.29, 0.717) is 17.7 Å². The van der Waals surface area contributed by atoms with E-state index in [-0.39, 0.29) is 11.7 Å². The van der Waals surface area contributed by atoms with Gasteiger partial charge < -0.3 is 14.7 Å². The van der Waals surface area contributed by atoms with Gasteiger partial charge in [0, 0.05) is 23.6 Å². The summed E-state index contributed by atoms with van der Waals surface area (Å²) >= 11 is 1.24. The van der Waals surface area contributed by atoms with Crippen LogP contribution in [-0.2, 0) is 11.2 Å². The summed E-state index contributed by atoms with van der Waals surface area (Å²) in [5, 5.41) is 12.5. The van der Waals surface area contributed by atoms with Crippen LogP contribution in [0.15, 0.2) is 70.4 Å². The first-order valence-electron chi connectivity index (χ1n) is 9.13. The quantitative estimate of drug-likeness (QED) is 0.349. The topological polar surface area (TPSA) is 83.8 Å². The van der Waals surface area contributed by atoms with Crippen LogP contribution < -0.4 is 5.32 Å². The highest BCUT2D eigenvalue weighted by Gasteiger charge is 2.14. The second-order valence-electron chi connectivity index (χ2n) is 6.35. The summed E-state index contributed by atoms with van der Waals surface area (Å²) in [5.74, 6) is 0.661. The number of hydrogen-bond donors (Lipinski definition) is 2. The molecule has 0 saturated carbocycles. The number of fused-ring (bicyclic) bond motifs is 1. The molecule has 0 unspecified atom stereocenters. The van der Waals surface area contributed by atoms with Crippen LogP contribution >= 0.6 is 11.8 Å². The van der Waals surface area contributed by atoms with Crippen molar-refractivity contribution in [1.82, 2.24) is 20.5 Å². The molecule has 0 aliphatic rings. The number of thioether (sulfide) groups is 1. The highest BCUT2D eigenvalue weighted by atomic mass is 32.2. The number of carbonyl (C=O) groups is 1. The lowest BCUT2D eigenvalue weighted by molar-refractivity contribution is -0.118. The standard InChI is InChI=1S/C21H20N4O2S/c26-19(22-12-6-9-15-7-2-1-3-8-15)14-28-21-25-24-20(27-21)17-13-23-18-11-5-4-10-16(17)18/h1-5,7-8,10-11,13,23H,6,9,12,14H2,(H,22,26). The van der Waals surface area contributed by atoms with E-state index in [1.54, 1.807) is 0 Å². The van der Waals surface area contributed by atoms with Crippen molar-refractivity contribution in [2.24, 2.45) is 0 Å². The molecule has 6 nitrogen and oxygen atoms in total. The van der Waals surface area contributed by atoms with E-state index in [2.05, 4.69) is 32.6 Å². The Labute approximate surface area is 166 Å². The lowest BCUT2D eigenvalue weighted by Crippen LogP contribution is -2.26. The van der Waals surface area contributed by atoms with Crippen molar-refractivity contribution in [2.75, 3.05) is 12.3 Å². The lowest BCUT2D eigenvalue weighted by Gasteiger charge is -2.04. The predicted molar refractivity (Wildman–Crippen MR) is 110 cm³/mol. The number of nitrogens with zero attached hydrogens (tertiary/aromatic N) is 2. The average Bonchev–Trinajstić information content (AvgIpc) is 3.37. The van der Waals surface area contributed by atoms with Crippen LogP contribution in [0.5, 0.6) is 0 Å². The largest absolute Gasteiger partial charge is 0.411 e. The number of aromatic nitrogens is 3. The van der Waals surface area contributed by atoms with Gasteiger partial charge in [-0.3, -0.25) is 4.79 Å². The molecule has 2 heterocycles. The van der Waals surface area contributed by atoms with E-state index >= 15 is 0 Å². The summed E-state index contributed by atoms with van der Waals surface area (Å²) in [7, 11) is 0. The smallest absolute Gasteiger partial charge is 0.277 e. The fourth-order valence-electron chi connectivity index (χ4n) is 2.97. The SMILES string of the molecule is O=C(CSc1nnc(-c2c[nH]c3ccccc23)o1)NCCCc1ccccc1. The summed E-state index contributed by atoms with van der Waals surface area (Å²) in [6.45, 7) is 0.651. The number of amides is 1. The first-order valence-corrected chi connectivity index (χ1v) is 10.1. The summed E-state index contributed by atoms with van der Waals surface area (Å²) in [6, 6.07) is 18.2. The van der Waals surface area contributed by atoms with Gasteiger partial charge in [-0.05, 0) is 24.5 Å². The molecule has 0 atom stereocenters. The van der Waals surface area contributed by atoms with Crippen LogP contribution in [0, 0.1) is 0 Å². The van der Waals surface area contributed by atoms with Gasteiger partial charge in [0.1, 0.15) is 0 Å². The molecule has 28 heavy (non-hydrogen) atoms. The highest BCUT2D eigenvalue weighted by molar-refractivity contribution is 7.99. The maximum atomic E-state index is 12.0. The van der Waals surface area contributed by atoms with Crippen molar-refractivity contribution in [2.45, 2.75) is 18.1 Å². The van der Waals surface area contributed by atoms with E-state index in [1.807, 2.05) is 48.7 Å². The third-order valence-corrected chi connectivity index (χ3v) is 5.18. The second kappa shape index (κ2) is 8.75. The molecule has 0 aliphatic carbocycles. The van der Waals surface area contributed by atoms with Crippen LogP contribution in [0.2, 0.25) is 0 Å². The molecule has 0 saturated heterocycles. The van der Waals surface area contributed by atoms with Gasteiger partial charge in [-0.2, -0.15) is 0 Å². The van der Waals surface area contributed by atoms with E-state index < -0.39 is 0 Å². The molecule has 0 fully saturated rings. The second-order valence-corrected chi connectivity index (χ2v) is 7.28. The lowest BCUT2D eigenvalue weighted by atomic mass is 10.1. The number of hydrogen-bond acceptors (Lipinski definition) is 5. The zero-order valence-corrected chi connectivity index (χ0v) is 16.0. The van der Waals surface area contributed by atoms with E-state index in [1.165, 1.54) is 17.3 Å². The molecule has 2 N–H and O–H groups in total. The van der Waals surface area contributed by atoms with Crippen LogP contribution in [-0.4, -0.2) is 33.4 Å². The molecular weight excluding hydrogens is 372 g/mol. The van der Waals surface area contributed by atoms with Crippen LogP contribution in [0.4, 0.5) is 0 Å². The molecule has 142 valence electrons. The van der Waals surface area contributed by atoms with Crippen molar-refractivity contribution in [3.63, 3.8) is 0 Å². The first-order chi connectivity index (χ1) is 13.8. The van der Waals surface area contributed by atoms with Gasteiger partial charge in [0.15, 0.2) is 0 Å². The number of aromatic amines is 1. The predicted octanol–water partition coefficient (Wildman–Crippen LogP) is 4.06. The summed E-state index contributed by atoms with van der Waals surface area (Å²) in [5.41, 5.74) is 3.15. The fraction of sp³-hybridized carbons (Fsp3) is 0.190. The highest BCUT2D eigenvalue weighted by Crippen LogP contribution is 2.29. The van der Waals surface area contributed by atoms with Crippen molar-refractivity contribution < 1.29 is 9.21 Å². The third kappa shape index (κ3) is 4.43. The molecule has 0 aliphatic heterocycles. The maximum Gasteiger partial charge on any atom is 0.277 e. The van der Waals surface area contributed by atoms with Crippen LogP contribution in [0.3, 0.4) is 0 Å². The van der Waals surface area contributed by atoms with Gasteiger partial charge in [-0.1, -0.05) is 60.3 Å². The summed E-state index contributed by atoms with van der Waals surface area (Å²) in [4.78, 5) is 15.2. The summed E-state index contributed by atoms with van der Waals surface area (Å²) < 4.78 is 5.71. The molecule has 7 heteroatoms. The van der Waals surface area contributed by atoms with Crippen molar-refractivity contribution >= 4 is 28.6 Å². The Hall–Kier alpha value is -3.06.